The molecule has 2 aromatic carbocycles. The number of hydrogen-bond acceptors (Lipinski definition) is 4. The Morgan fingerprint density at radius 1 is 0.923 bits per heavy atom. The number of carbonyl (C=O) groups is 2. The number of carboxylic acids is 2. The molecule has 0 bridgehead atoms. The zero-order valence-corrected chi connectivity index (χ0v) is 25.5. The van der Waals surface area contributed by atoms with Crippen LogP contribution in [0.3, 0.4) is 0 Å². The second-order valence-corrected chi connectivity index (χ2v) is 10.3. The molecule has 0 spiro atoms. The van der Waals surface area contributed by atoms with Gasteiger partial charge in [0.1, 0.15) is 0 Å². The second-order valence-electron chi connectivity index (χ2n) is 7.92. The van der Waals surface area contributed by atoms with E-state index in [0.29, 0.717) is 43.8 Å². The van der Waals surface area contributed by atoms with Crippen LogP contribution in [0.2, 0.25) is 20.1 Å². The molecule has 2 atom stereocenters. The van der Waals surface area contributed by atoms with E-state index in [2.05, 4.69) is 41.2 Å². The molecule has 2 unspecified atom stereocenters. The maximum absolute atomic E-state index is 10.7. The summed E-state index contributed by atoms with van der Waals surface area (Å²) in [4.78, 5) is 20.3. The summed E-state index contributed by atoms with van der Waals surface area (Å²) in [5.41, 5.74) is 0.598. The molecule has 0 radical (unpaired) electrons. The van der Waals surface area contributed by atoms with Gasteiger partial charge < -0.3 is 10.2 Å². The van der Waals surface area contributed by atoms with Crippen LogP contribution < -0.4 is 0 Å². The van der Waals surface area contributed by atoms with Gasteiger partial charge in [-0.05, 0) is 54.7 Å². The van der Waals surface area contributed by atoms with E-state index in [1.807, 2.05) is 6.07 Å². The van der Waals surface area contributed by atoms with Crippen LogP contribution in [-0.2, 0) is 15.0 Å². The van der Waals surface area contributed by atoms with Crippen LogP contribution in [0.25, 0.3) is 0 Å². The molecule has 0 amide bonds. The van der Waals surface area contributed by atoms with Crippen molar-refractivity contribution in [1.82, 2.24) is 0 Å². The zero-order valence-electron chi connectivity index (χ0n) is 20.8. The van der Waals surface area contributed by atoms with E-state index in [-0.39, 0.29) is 25.2 Å². The molecule has 0 aromatic heterocycles. The van der Waals surface area contributed by atoms with Gasteiger partial charge in [0.25, 0.3) is 0 Å². The number of alkyl halides is 1. The molecule has 2 aromatic rings. The number of benzene rings is 2. The summed E-state index contributed by atoms with van der Waals surface area (Å²) in [6.45, 7) is 7.23. The average Bonchev–Trinajstić information content (AvgIpc) is 2.89. The molecule has 0 saturated carbocycles. The highest BCUT2D eigenvalue weighted by atomic mass is 79.9. The summed E-state index contributed by atoms with van der Waals surface area (Å²) >= 11 is 26.4. The Morgan fingerprint density at radius 2 is 1.49 bits per heavy atom. The largest absolute Gasteiger partial charge is 0.481 e. The van der Waals surface area contributed by atoms with Crippen molar-refractivity contribution in [3.8, 4) is 12.1 Å². The monoisotopic (exact) mass is 674 g/mol. The van der Waals surface area contributed by atoms with Gasteiger partial charge in [0.2, 0.25) is 0 Å². The van der Waals surface area contributed by atoms with E-state index < -0.39 is 17.4 Å². The molecule has 0 fully saturated rings. The van der Waals surface area contributed by atoms with Crippen molar-refractivity contribution in [2.45, 2.75) is 43.4 Å². The van der Waals surface area contributed by atoms with Gasteiger partial charge in [-0.3, -0.25) is 9.59 Å². The fourth-order valence-electron chi connectivity index (χ4n) is 3.13. The molecular weight excluding hydrogens is 650 g/mol. The molecule has 0 aliphatic heterocycles. The summed E-state index contributed by atoms with van der Waals surface area (Å²) in [5.74, 6) is -1.89. The number of aliphatic carboxylic acids is 2. The van der Waals surface area contributed by atoms with Crippen LogP contribution in [0, 0.1) is 22.7 Å². The van der Waals surface area contributed by atoms with E-state index in [0.717, 1.165) is 5.56 Å². The third-order valence-corrected chi connectivity index (χ3v) is 7.03. The first-order chi connectivity index (χ1) is 18.4. The number of hydrogen-bond donors (Lipinski definition) is 2. The summed E-state index contributed by atoms with van der Waals surface area (Å²) in [6.07, 6.45) is 4.61. The van der Waals surface area contributed by atoms with Gasteiger partial charge in [-0.2, -0.15) is 10.5 Å². The van der Waals surface area contributed by atoms with Crippen LogP contribution in [-0.4, -0.2) is 27.5 Å². The second kappa shape index (κ2) is 19.5. The topological polar surface area (TPSA) is 122 Å². The molecule has 0 saturated heterocycles. The van der Waals surface area contributed by atoms with Crippen molar-refractivity contribution >= 4 is 74.3 Å². The van der Waals surface area contributed by atoms with Gasteiger partial charge >= 0.3 is 11.9 Å². The minimum atomic E-state index is -0.941. The van der Waals surface area contributed by atoms with Gasteiger partial charge in [-0.15, -0.1) is 13.2 Å². The Morgan fingerprint density at radius 3 is 1.87 bits per heavy atom. The highest BCUT2D eigenvalue weighted by molar-refractivity contribution is 9.09. The summed E-state index contributed by atoms with van der Waals surface area (Å²) in [5, 5.41) is 37.3. The van der Waals surface area contributed by atoms with E-state index in [9.17, 15) is 14.9 Å². The van der Waals surface area contributed by atoms with Crippen LogP contribution in [0.1, 0.15) is 49.1 Å². The van der Waals surface area contributed by atoms with Gasteiger partial charge in [0, 0.05) is 11.8 Å². The quantitative estimate of drug-likeness (QED) is 0.181. The van der Waals surface area contributed by atoms with Gasteiger partial charge in [-0.1, -0.05) is 86.6 Å². The van der Waals surface area contributed by atoms with Crippen LogP contribution in [0.5, 0.6) is 0 Å². The van der Waals surface area contributed by atoms with Crippen molar-refractivity contribution in [3.63, 3.8) is 0 Å². The smallest absolute Gasteiger partial charge is 0.304 e. The number of rotatable bonds is 11. The third-order valence-electron chi connectivity index (χ3n) is 5.16. The molecule has 2 N–H and O–H groups in total. The highest BCUT2D eigenvalue weighted by Gasteiger charge is 2.32. The van der Waals surface area contributed by atoms with E-state index in [1.165, 1.54) is 0 Å². The predicted octanol–water partition coefficient (Wildman–Crippen LogP) is 9.23. The normalized spacial score (nSPS) is 12.0. The number of allylic oxidation sites excluding steroid dienone is 2. The lowest BCUT2D eigenvalue weighted by Crippen LogP contribution is -2.24. The lowest BCUT2D eigenvalue weighted by Gasteiger charge is -2.25. The van der Waals surface area contributed by atoms with Gasteiger partial charge in [0.05, 0.1) is 50.0 Å². The molecule has 0 aliphatic carbocycles. The predicted molar refractivity (Wildman–Crippen MR) is 161 cm³/mol. The maximum Gasteiger partial charge on any atom is 0.304 e. The number of nitrogens with zero attached hydrogens (tertiary/aromatic N) is 2. The Labute approximate surface area is 257 Å². The molecule has 6 nitrogen and oxygen atoms in total. The molecule has 39 heavy (non-hydrogen) atoms. The Hall–Kier alpha value is -2.52. The first-order valence-corrected chi connectivity index (χ1v) is 14.0. The number of halogens is 5. The van der Waals surface area contributed by atoms with Crippen molar-refractivity contribution in [2.75, 3.05) is 5.33 Å². The average molecular weight is 677 g/mol. The molecule has 11 heteroatoms. The third kappa shape index (κ3) is 13.4. The number of carboxylic acid groups (broad SMARTS) is 2. The number of nitriles is 2. The lowest BCUT2D eigenvalue weighted by molar-refractivity contribution is -0.138. The Kier molecular flexibility index (Phi) is 18.3. The molecule has 0 aliphatic rings. The minimum absolute atomic E-state index is 0.0956. The first-order valence-electron chi connectivity index (χ1n) is 11.3. The fourth-order valence-corrected chi connectivity index (χ4v) is 4.07. The lowest BCUT2D eigenvalue weighted by atomic mass is 9.75. The van der Waals surface area contributed by atoms with E-state index in [4.69, 9.17) is 61.9 Å². The molecular formula is C28H27BrCl4N2O4. The van der Waals surface area contributed by atoms with Crippen LogP contribution >= 0.6 is 62.3 Å². The summed E-state index contributed by atoms with van der Waals surface area (Å²) in [7, 11) is 0. The molecule has 208 valence electrons. The van der Waals surface area contributed by atoms with Crippen molar-refractivity contribution in [3.05, 3.63) is 92.9 Å². The molecule has 2 rings (SSSR count). The molecule has 0 heterocycles. The van der Waals surface area contributed by atoms with Gasteiger partial charge in [0.15, 0.2) is 0 Å². The Bertz CT molecular complexity index is 1230. The van der Waals surface area contributed by atoms with Crippen LogP contribution in [0.15, 0.2) is 61.7 Å². The van der Waals surface area contributed by atoms with Gasteiger partial charge in [-0.25, -0.2) is 0 Å². The van der Waals surface area contributed by atoms with E-state index in [1.54, 1.807) is 42.5 Å². The van der Waals surface area contributed by atoms with Crippen molar-refractivity contribution < 1.29 is 19.8 Å². The summed E-state index contributed by atoms with van der Waals surface area (Å²) in [6, 6.07) is 14.5. The van der Waals surface area contributed by atoms with E-state index >= 15 is 0 Å². The first kappa shape index (κ1) is 36.5. The SMILES string of the molecule is C=CCC(C#N)(CCC(=O)O)c1ccc(Cl)c(Cl)c1.C=CCC(C#N)c1ccc(Cl)c(Cl)c1.O=C(O)CCBr. The van der Waals surface area contributed by atoms with Crippen LogP contribution in [0.4, 0.5) is 0 Å². The van der Waals surface area contributed by atoms with Crippen molar-refractivity contribution in [2.24, 2.45) is 0 Å². The zero-order chi connectivity index (χ0) is 30.0. The fraction of sp³-hybridized carbons (Fsp3) is 0.286. The summed E-state index contributed by atoms with van der Waals surface area (Å²) < 4.78 is 0. The van der Waals surface area contributed by atoms with Crippen molar-refractivity contribution in [1.29, 1.82) is 10.5 Å². The maximum atomic E-state index is 10.7. The standard InChI is InChI=1S/C14H13Cl2NO2.C11H9Cl2N.C3H5BrO2/c1-2-6-14(9-17,7-5-13(18)19)10-3-4-11(15)12(16)8-10;1-2-3-9(7-14)8-4-5-10(12)11(13)6-8;4-2-1-3(5)6/h2-4,8H,1,5-7H2,(H,18,19);2,4-6,9H,1,3H2;1-2H2,(H,5,6). The minimum Gasteiger partial charge on any atom is -0.481 e. The Balaban J connectivity index is 0.000000631. The highest BCUT2D eigenvalue weighted by Crippen LogP contribution is 2.36.